The van der Waals surface area contributed by atoms with Gasteiger partial charge in [0, 0.05) is 0 Å². The maximum Gasteiger partial charge on any atom is 0.408 e. The number of benzene rings is 1. The van der Waals surface area contributed by atoms with Gasteiger partial charge in [-0.25, -0.2) is 9.59 Å². The quantitative estimate of drug-likeness (QED) is 0.664. The highest BCUT2D eigenvalue weighted by molar-refractivity contribution is 5.80. The number of carboxylic acids is 1. The van der Waals surface area contributed by atoms with E-state index < -0.39 is 29.7 Å². The van der Waals surface area contributed by atoms with Gasteiger partial charge in [-0.3, -0.25) is 4.84 Å². The number of alkyl carbamates (subject to hydrolysis) is 1. The molecule has 0 heterocycles. The second-order valence-electron chi connectivity index (χ2n) is 6.14. The minimum atomic E-state index is -1.18. The van der Waals surface area contributed by atoms with Crippen LogP contribution >= 0.6 is 0 Å². The Morgan fingerprint density at radius 1 is 1.22 bits per heavy atom. The number of aliphatic carboxylic acids is 1. The van der Waals surface area contributed by atoms with E-state index in [4.69, 9.17) is 9.57 Å². The summed E-state index contributed by atoms with van der Waals surface area (Å²) >= 11 is 0. The Labute approximate surface area is 135 Å². The van der Waals surface area contributed by atoms with Crippen LogP contribution in [0.3, 0.4) is 0 Å². The first-order chi connectivity index (χ1) is 10.7. The normalized spacial score (nSPS) is 13.9. The van der Waals surface area contributed by atoms with Crippen molar-refractivity contribution in [2.75, 3.05) is 0 Å². The molecule has 0 bridgehead atoms. The molecule has 0 aliphatic heterocycles. The predicted molar refractivity (Wildman–Crippen MR) is 84.6 cm³/mol. The molecule has 2 atom stereocenters. The largest absolute Gasteiger partial charge is 0.480 e. The molecule has 23 heavy (non-hydrogen) atoms. The summed E-state index contributed by atoms with van der Waals surface area (Å²) in [6.45, 7) is 6.98. The first kappa shape index (κ1) is 18.9. The lowest BCUT2D eigenvalue weighted by atomic mass is 10.1. The second-order valence-corrected chi connectivity index (χ2v) is 6.14. The minimum Gasteiger partial charge on any atom is -0.480 e. The summed E-state index contributed by atoms with van der Waals surface area (Å²) < 4.78 is 5.06. The Morgan fingerprint density at radius 3 is 2.35 bits per heavy atom. The van der Waals surface area contributed by atoms with Crippen molar-refractivity contribution in [2.45, 2.75) is 52.0 Å². The molecule has 1 amide bonds. The molecule has 1 rings (SSSR count). The molecule has 0 unspecified atom stereocenters. The summed E-state index contributed by atoms with van der Waals surface area (Å²) in [4.78, 5) is 28.3. The molecule has 3 N–H and O–H groups in total. The molecule has 0 aliphatic rings. The number of hydrogen-bond acceptors (Lipinski definition) is 5. The van der Waals surface area contributed by atoms with Crippen LogP contribution in [0.15, 0.2) is 30.3 Å². The lowest BCUT2D eigenvalue weighted by molar-refractivity contribution is -0.141. The van der Waals surface area contributed by atoms with E-state index in [0.717, 1.165) is 5.56 Å². The first-order valence-corrected chi connectivity index (χ1v) is 7.32. The van der Waals surface area contributed by atoms with Crippen LogP contribution in [-0.4, -0.2) is 34.9 Å². The maximum atomic E-state index is 11.7. The zero-order chi connectivity index (χ0) is 17.5. The number of amides is 1. The summed E-state index contributed by atoms with van der Waals surface area (Å²) in [5, 5.41) is 11.6. The molecule has 0 saturated heterocycles. The third-order valence-electron chi connectivity index (χ3n) is 2.79. The fraction of sp³-hybridized carbons (Fsp3) is 0.500. The van der Waals surface area contributed by atoms with E-state index in [0.29, 0.717) is 0 Å². The van der Waals surface area contributed by atoms with Gasteiger partial charge in [-0.05, 0) is 33.3 Å². The van der Waals surface area contributed by atoms with Crippen LogP contribution in [0, 0.1) is 0 Å². The van der Waals surface area contributed by atoms with E-state index in [9.17, 15) is 14.7 Å². The number of nitrogens with one attached hydrogen (secondary N) is 2. The number of carbonyl (C=O) groups excluding carboxylic acids is 1. The summed E-state index contributed by atoms with van der Waals surface area (Å²) in [6, 6.07) is 7.60. The van der Waals surface area contributed by atoms with Crippen molar-refractivity contribution in [1.29, 1.82) is 0 Å². The third kappa shape index (κ3) is 7.62. The molecule has 7 heteroatoms. The van der Waals surface area contributed by atoms with Crippen LogP contribution in [0.2, 0.25) is 0 Å². The van der Waals surface area contributed by atoms with Gasteiger partial charge in [0.15, 0.2) is 0 Å². The van der Waals surface area contributed by atoms with Gasteiger partial charge in [0.1, 0.15) is 11.6 Å². The molecular formula is C16H24N2O5. The van der Waals surface area contributed by atoms with Crippen molar-refractivity contribution in [3.05, 3.63) is 35.9 Å². The fourth-order valence-electron chi connectivity index (χ4n) is 1.73. The fourth-order valence-corrected chi connectivity index (χ4v) is 1.73. The number of ether oxygens (including phenoxy) is 1. The monoisotopic (exact) mass is 324 g/mol. The van der Waals surface area contributed by atoms with E-state index in [2.05, 4.69) is 10.8 Å². The van der Waals surface area contributed by atoms with Gasteiger partial charge in [0.05, 0.1) is 12.6 Å². The highest BCUT2D eigenvalue weighted by atomic mass is 16.6. The molecule has 0 aliphatic carbocycles. The van der Waals surface area contributed by atoms with Crippen molar-refractivity contribution < 1.29 is 24.3 Å². The zero-order valence-electron chi connectivity index (χ0n) is 13.8. The number of carbonyl (C=O) groups is 2. The lowest BCUT2D eigenvalue weighted by Gasteiger charge is -2.25. The summed E-state index contributed by atoms with van der Waals surface area (Å²) in [5.41, 5.74) is 2.87. The van der Waals surface area contributed by atoms with Gasteiger partial charge in [-0.15, -0.1) is 0 Å². The van der Waals surface area contributed by atoms with Crippen LogP contribution in [-0.2, 0) is 21.0 Å². The standard InChI is InChI=1S/C16H24N2O5/c1-11(18-22-10-12-8-6-5-7-9-12)13(14(19)20)17-15(21)23-16(2,3)4/h5-9,11,13,18H,10H2,1-4H3,(H,17,21)(H,19,20)/t11-,13-/m0/s1. The van der Waals surface area contributed by atoms with E-state index in [1.54, 1.807) is 27.7 Å². The summed E-state index contributed by atoms with van der Waals surface area (Å²) in [6.07, 6.45) is -0.790. The SMILES string of the molecule is C[C@H](NOCc1ccccc1)[C@H](NC(=O)OC(C)(C)C)C(=O)O. The van der Waals surface area contributed by atoms with E-state index >= 15 is 0 Å². The Bertz CT molecular complexity index is 513. The van der Waals surface area contributed by atoms with Gasteiger partial charge >= 0.3 is 12.1 Å². The predicted octanol–water partition coefficient (Wildman–Crippen LogP) is 2.07. The van der Waals surface area contributed by atoms with Gasteiger partial charge in [-0.2, -0.15) is 5.48 Å². The van der Waals surface area contributed by atoms with Gasteiger partial charge in [0.25, 0.3) is 0 Å². The first-order valence-electron chi connectivity index (χ1n) is 7.32. The third-order valence-corrected chi connectivity index (χ3v) is 2.79. The average Bonchev–Trinajstić information content (AvgIpc) is 2.43. The smallest absolute Gasteiger partial charge is 0.408 e. The van der Waals surface area contributed by atoms with Crippen LogP contribution in [0.1, 0.15) is 33.3 Å². The van der Waals surface area contributed by atoms with Crippen molar-refractivity contribution >= 4 is 12.1 Å². The molecule has 1 aromatic rings. The summed E-state index contributed by atoms with van der Waals surface area (Å²) in [5.74, 6) is -1.18. The minimum absolute atomic E-state index is 0.282. The number of carboxylic acid groups (broad SMARTS) is 1. The highest BCUT2D eigenvalue weighted by Crippen LogP contribution is 2.07. The van der Waals surface area contributed by atoms with E-state index in [1.807, 2.05) is 30.3 Å². The molecule has 0 saturated carbocycles. The molecular weight excluding hydrogens is 300 g/mol. The van der Waals surface area contributed by atoms with Gasteiger partial charge in [0.2, 0.25) is 0 Å². The van der Waals surface area contributed by atoms with Crippen LogP contribution in [0.5, 0.6) is 0 Å². The van der Waals surface area contributed by atoms with Gasteiger partial charge < -0.3 is 15.2 Å². The topological polar surface area (TPSA) is 96.9 Å². The number of hydrogen-bond donors (Lipinski definition) is 3. The Kier molecular flexibility index (Phi) is 6.99. The van der Waals surface area contributed by atoms with Crippen molar-refractivity contribution in [3.8, 4) is 0 Å². The Morgan fingerprint density at radius 2 is 1.83 bits per heavy atom. The molecule has 0 fully saturated rings. The Balaban J connectivity index is 2.49. The molecule has 0 spiro atoms. The zero-order valence-corrected chi connectivity index (χ0v) is 13.8. The highest BCUT2D eigenvalue weighted by Gasteiger charge is 2.29. The molecule has 7 nitrogen and oxygen atoms in total. The van der Waals surface area contributed by atoms with Crippen LogP contribution in [0.25, 0.3) is 0 Å². The van der Waals surface area contributed by atoms with Crippen LogP contribution < -0.4 is 10.8 Å². The van der Waals surface area contributed by atoms with E-state index in [-0.39, 0.29) is 6.61 Å². The van der Waals surface area contributed by atoms with Crippen molar-refractivity contribution in [3.63, 3.8) is 0 Å². The molecule has 128 valence electrons. The average molecular weight is 324 g/mol. The molecule has 0 aromatic heterocycles. The van der Waals surface area contributed by atoms with Crippen molar-refractivity contribution in [2.24, 2.45) is 0 Å². The number of rotatable bonds is 7. The second kappa shape index (κ2) is 8.50. The molecule has 1 aromatic carbocycles. The van der Waals surface area contributed by atoms with Crippen LogP contribution in [0.4, 0.5) is 4.79 Å². The van der Waals surface area contributed by atoms with Crippen molar-refractivity contribution in [1.82, 2.24) is 10.8 Å². The lowest BCUT2D eigenvalue weighted by Crippen LogP contribution is -2.53. The van der Waals surface area contributed by atoms with E-state index in [1.165, 1.54) is 0 Å². The maximum absolute atomic E-state index is 11.7. The molecule has 0 radical (unpaired) electrons. The van der Waals surface area contributed by atoms with Gasteiger partial charge in [-0.1, -0.05) is 30.3 Å². The number of hydroxylamine groups is 1. The summed E-state index contributed by atoms with van der Waals surface area (Å²) in [7, 11) is 0. The Hall–Kier alpha value is -2.12.